The lowest BCUT2D eigenvalue weighted by molar-refractivity contribution is -0.124. The third-order valence-electron chi connectivity index (χ3n) is 7.27. The summed E-state index contributed by atoms with van der Waals surface area (Å²) in [5.41, 5.74) is -0.676. The monoisotopic (exact) mass is 498 g/mol. The number of halogens is 1. The van der Waals surface area contributed by atoms with E-state index in [0.717, 1.165) is 12.8 Å². The Balaban J connectivity index is 1.41. The van der Waals surface area contributed by atoms with E-state index in [9.17, 15) is 14.4 Å². The van der Waals surface area contributed by atoms with Crippen LogP contribution in [0.1, 0.15) is 105 Å². The van der Waals surface area contributed by atoms with Crippen LogP contribution >= 0.6 is 0 Å². The number of benzene rings is 1. The highest BCUT2D eigenvalue weighted by atomic mass is 19.1. The number of carbonyl (C=O) groups excluding carboxylic acids is 3. The van der Waals surface area contributed by atoms with Crippen molar-refractivity contribution in [2.75, 3.05) is 0 Å². The van der Waals surface area contributed by atoms with Gasteiger partial charge in [0, 0.05) is 34.7 Å². The maximum atomic E-state index is 15.0. The summed E-state index contributed by atoms with van der Waals surface area (Å²) < 4.78 is 20.3. The van der Waals surface area contributed by atoms with Crippen LogP contribution in [0.15, 0.2) is 28.8 Å². The van der Waals surface area contributed by atoms with E-state index in [1.807, 2.05) is 34.6 Å². The van der Waals surface area contributed by atoms with Crippen LogP contribution in [0, 0.1) is 5.82 Å². The highest BCUT2D eigenvalue weighted by molar-refractivity contribution is 5.99. The number of nitrogens with zero attached hydrogens (tertiary/aromatic N) is 2. The third kappa shape index (κ3) is 5.01. The van der Waals surface area contributed by atoms with Gasteiger partial charge in [-0.15, -0.1) is 0 Å². The lowest BCUT2D eigenvalue weighted by Gasteiger charge is -2.26. The molecule has 0 bridgehead atoms. The van der Waals surface area contributed by atoms with Crippen LogP contribution in [0.3, 0.4) is 0 Å². The van der Waals surface area contributed by atoms with Gasteiger partial charge in [-0.2, -0.15) is 0 Å². The summed E-state index contributed by atoms with van der Waals surface area (Å²) in [6.07, 6.45) is 2.82. The molecule has 2 fully saturated rings. The molecule has 2 unspecified atom stereocenters. The molecule has 0 spiro atoms. The van der Waals surface area contributed by atoms with Gasteiger partial charge in [-0.1, -0.05) is 32.0 Å². The van der Waals surface area contributed by atoms with Crippen LogP contribution in [-0.2, 0) is 10.2 Å². The highest BCUT2D eigenvalue weighted by Crippen LogP contribution is 2.37. The highest BCUT2D eigenvalue weighted by Gasteiger charge is 2.52. The van der Waals surface area contributed by atoms with Crippen LogP contribution in [0.4, 0.5) is 4.39 Å². The first-order chi connectivity index (χ1) is 16.8. The minimum atomic E-state index is -1.05. The van der Waals surface area contributed by atoms with Gasteiger partial charge in [0.1, 0.15) is 17.1 Å². The van der Waals surface area contributed by atoms with Crippen molar-refractivity contribution in [3.63, 3.8) is 0 Å². The molecule has 1 aromatic carbocycles. The molecule has 3 amide bonds. The van der Waals surface area contributed by atoms with Gasteiger partial charge in [0.25, 0.3) is 11.8 Å². The van der Waals surface area contributed by atoms with Gasteiger partial charge in [0.15, 0.2) is 5.69 Å². The van der Waals surface area contributed by atoms with Gasteiger partial charge in [0.2, 0.25) is 5.91 Å². The molecule has 9 heteroatoms. The number of carbonyl (C=O) groups is 3. The third-order valence-corrected chi connectivity index (χ3v) is 7.27. The van der Waals surface area contributed by atoms with Gasteiger partial charge in [0.05, 0.1) is 6.04 Å². The molecule has 3 atom stereocenters. The fourth-order valence-corrected chi connectivity index (χ4v) is 4.72. The Morgan fingerprint density at radius 2 is 1.78 bits per heavy atom. The fourth-order valence-electron chi connectivity index (χ4n) is 4.72. The van der Waals surface area contributed by atoms with E-state index in [1.165, 1.54) is 6.07 Å². The van der Waals surface area contributed by atoms with Crippen molar-refractivity contribution in [3.8, 4) is 0 Å². The zero-order valence-electron chi connectivity index (χ0n) is 21.8. The second kappa shape index (κ2) is 9.33. The van der Waals surface area contributed by atoms with Crippen LogP contribution in [0.25, 0.3) is 0 Å². The average molecular weight is 499 g/mol. The Morgan fingerprint density at radius 1 is 1.14 bits per heavy atom. The maximum Gasteiger partial charge on any atom is 0.274 e. The second-order valence-electron chi connectivity index (χ2n) is 11.3. The summed E-state index contributed by atoms with van der Waals surface area (Å²) in [7, 11) is 0. The Bertz CT molecular complexity index is 1170. The first kappa shape index (κ1) is 25.9. The van der Waals surface area contributed by atoms with Crippen molar-refractivity contribution in [2.24, 2.45) is 0 Å². The molecule has 1 aromatic heterocycles. The SMILES string of the molecule is CC1CCC(C)N1C(=O)c1ccc([C@@H](C)NC(=O)C2(NC(=O)c3cc(C(C)(C)C)on3)CC2)c(F)c1. The molecule has 1 aliphatic heterocycles. The Kier molecular flexibility index (Phi) is 6.70. The standard InChI is InChI=1S/C27H35FN4O4/c1-15-7-8-16(2)32(15)24(34)18-9-10-19(20(28)13-18)17(3)29-25(35)27(11-12-27)30-23(33)21-14-22(36-31-21)26(4,5)6/h9-10,13-17H,7-8,11-12H2,1-6H3,(H,29,35)(H,30,33)/t15?,16?,17-/m1/s1. The van der Waals surface area contributed by atoms with Crippen LogP contribution in [0.5, 0.6) is 0 Å². The predicted octanol–water partition coefficient (Wildman–Crippen LogP) is 4.26. The molecule has 2 heterocycles. The van der Waals surface area contributed by atoms with E-state index in [1.54, 1.807) is 30.0 Å². The molecule has 194 valence electrons. The van der Waals surface area contributed by atoms with Crippen molar-refractivity contribution in [1.29, 1.82) is 0 Å². The molecular weight excluding hydrogens is 463 g/mol. The normalized spacial score (nSPS) is 21.7. The van der Waals surface area contributed by atoms with Crippen molar-refractivity contribution in [1.82, 2.24) is 20.7 Å². The average Bonchev–Trinajstić information content (AvgIpc) is 3.24. The lowest BCUT2D eigenvalue weighted by atomic mass is 9.93. The minimum Gasteiger partial charge on any atom is -0.360 e. The number of likely N-dealkylation sites (tertiary alicyclic amines) is 1. The molecule has 1 saturated carbocycles. The molecule has 2 aromatic rings. The molecular formula is C27H35FN4O4. The zero-order chi connectivity index (χ0) is 26.4. The molecule has 1 saturated heterocycles. The summed E-state index contributed by atoms with van der Waals surface area (Å²) in [4.78, 5) is 40.5. The summed E-state index contributed by atoms with van der Waals surface area (Å²) >= 11 is 0. The fraction of sp³-hybridized carbons (Fsp3) is 0.556. The summed E-state index contributed by atoms with van der Waals surface area (Å²) in [6.45, 7) is 11.5. The zero-order valence-corrected chi connectivity index (χ0v) is 21.8. The van der Waals surface area contributed by atoms with Gasteiger partial charge in [-0.3, -0.25) is 14.4 Å². The van der Waals surface area contributed by atoms with Crippen molar-refractivity contribution in [3.05, 3.63) is 52.7 Å². The van der Waals surface area contributed by atoms with Crippen molar-refractivity contribution in [2.45, 2.75) is 96.3 Å². The number of hydrogen-bond donors (Lipinski definition) is 2. The summed E-state index contributed by atoms with van der Waals surface area (Å²) in [5.74, 6) is -1.05. The van der Waals surface area contributed by atoms with E-state index in [0.29, 0.717) is 24.2 Å². The molecule has 2 N–H and O–H groups in total. The second-order valence-corrected chi connectivity index (χ2v) is 11.3. The minimum absolute atomic E-state index is 0.111. The molecule has 36 heavy (non-hydrogen) atoms. The Morgan fingerprint density at radius 3 is 2.31 bits per heavy atom. The van der Waals surface area contributed by atoms with Crippen LogP contribution in [0.2, 0.25) is 0 Å². The summed E-state index contributed by atoms with van der Waals surface area (Å²) in [5, 5.41) is 9.41. The quantitative estimate of drug-likeness (QED) is 0.619. The van der Waals surface area contributed by atoms with Crippen LogP contribution in [-0.4, -0.2) is 45.4 Å². The number of nitrogens with one attached hydrogen (secondary N) is 2. The van der Waals surface area contributed by atoms with Gasteiger partial charge >= 0.3 is 0 Å². The van der Waals surface area contributed by atoms with E-state index in [2.05, 4.69) is 15.8 Å². The number of aromatic nitrogens is 1. The van der Waals surface area contributed by atoms with Crippen molar-refractivity contribution < 1.29 is 23.3 Å². The Hall–Kier alpha value is -3.23. The Labute approximate surface area is 211 Å². The first-order valence-corrected chi connectivity index (χ1v) is 12.6. The first-order valence-electron chi connectivity index (χ1n) is 12.6. The molecule has 0 radical (unpaired) electrons. The van der Waals surface area contributed by atoms with Gasteiger partial charge < -0.3 is 20.1 Å². The smallest absolute Gasteiger partial charge is 0.274 e. The van der Waals surface area contributed by atoms with E-state index >= 15 is 4.39 Å². The summed E-state index contributed by atoms with van der Waals surface area (Å²) in [6, 6.07) is 5.55. The number of rotatable bonds is 6. The van der Waals surface area contributed by atoms with Gasteiger partial charge in [-0.05, 0) is 58.6 Å². The lowest BCUT2D eigenvalue weighted by Crippen LogP contribution is -2.49. The topological polar surface area (TPSA) is 105 Å². The van der Waals surface area contributed by atoms with E-state index in [-0.39, 0.29) is 40.6 Å². The molecule has 8 nitrogen and oxygen atoms in total. The van der Waals surface area contributed by atoms with Gasteiger partial charge in [-0.25, -0.2) is 4.39 Å². The molecule has 1 aliphatic carbocycles. The van der Waals surface area contributed by atoms with Crippen LogP contribution < -0.4 is 10.6 Å². The molecule has 4 rings (SSSR count). The van der Waals surface area contributed by atoms with E-state index < -0.39 is 23.3 Å². The van der Waals surface area contributed by atoms with E-state index in [4.69, 9.17) is 4.52 Å². The largest absolute Gasteiger partial charge is 0.360 e. The molecule has 2 aliphatic rings. The van der Waals surface area contributed by atoms with Crippen molar-refractivity contribution >= 4 is 17.7 Å². The predicted molar refractivity (Wildman–Crippen MR) is 132 cm³/mol. The maximum absolute atomic E-state index is 15.0. The number of hydrogen-bond acceptors (Lipinski definition) is 5. The number of amides is 3.